The van der Waals surface area contributed by atoms with E-state index < -0.39 is 0 Å². The smallest absolute Gasteiger partial charge is 0.219 e. The van der Waals surface area contributed by atoms with E-state index in [1.807, 2.05) is 13.0 Å². The first-order chi connectivity index (χ1) is 13.1. The molecule has 0 aliphatic carbocycles. The van der Waals surface area contributed by atoms with E-state index in [0.29, 0.717) is 18.9 Å². The molecule has 1 N–H and O–H groups in total. The van der Waals surface area contributed by atoms with Crippen LogP contribution >= 0.6 is 0 Å². The number of amides is 1. The van der Waals surface area contributed by atoms with E-state index in [0.717, 1.165) is 36.2 Å². The van der Waals surface area contributed by atoms with E-state index in [1.54, 1.807) is 0 Å². The number of aromatic nitrogens is 2. The maximum Gasteiger partial charge on any atom is 0.219 e. The van der Waals surface area contributed by atoms with Crippen molar-refractivity contribution in [3.8, 4) is 0 Å². The minimum Gasteiger partial charge on any atom is -0.356 e. The van der Waals surface area contributed by atoms with E-state index in [9.17, 15) is 4.79 Å². The Morgan fingerprint density at radius 3 is 2.56 bits per heavy atom. The Morgan fingerprint density at radius 1 is 1.11 bits per heavy atom. The van der Waals surface area contributed by atoms with Crippen molar-refractivity contribution >= 4 is 16.9 Å². The quantitative estimate of drug-likeness (QED) is 0.591. The van der Waals surface area contributed by atoms with Gasteiger partial charge in [0.1, 0.15) is 5.82 Å². The molecule has 0 spiro atoms. The first kappa shape index (κ1) is 19.2. The molecule has 1 aromatic heterocycles. The van der Waals surface area contributed by atoms with Gasteiger partial charge in [-0.2, -0.15) is 0 Å². The molecule has 0 bridgehead atoms. The van der Waals surface area contributed by atoms with Crippen LogP contribution in [-0.2, 0) is 17.8 Å². The second kappa shape index (κ2) is 8.85. The predicted molar refractivity (Wildman–Crippen MR) is 111 cm³/mol. The van der Waals surface area contributed by atoms with Crippen LogP contribution in [0, 0.1) is 0 Å². The molecule has 2 aromatic carbocycles. The van der Waals surface area contributed by atoms with Gasteiger partial charge in [-0.25, -0.2) is 4.98 Å². The molecule has 0 saturated heterocycles. The summed E-state index contributed by atoms with van der Waals surface area (Å²) in [5, 5.41) is 2.95. The molecule has 4 heteroatoms. The summed E-state index contributed by atoms with van der Waals surface area (Å²) in [6.07, 6.45) is 2.27. The van der Waals surface area contributed by atoms with Gasteiger partial charge in [0.25, 0.3) is 0 Å². The van der Waals surface area contributed by atoms with Crippen molar-refractivity contribution in [2.45, 2.75) is 52.5 Å². The Labute approximate surface area is 161 Å². The van der Waals surface area contributed by atoms with Gasteiger partial charge in [-0.15, -0.1) is 0 Å². The predicted octanol–water partition coefficient (Wildman–Crippen LogP) is 4.67. The van der Waals surface area contributed by atoms with Gasteiger partial charge in [0.05, 0.1) is 11.0 Å². The summed E-state index contributed by atoms with van der Waals surface area (Å²) in [7, 11) is 0. The number of rotatable bonds is 8. The molecule has 142 valence electrons. The van der Waals surface area contributed by atoms with Crippen molar-refractivity contribution in [2.24, 2.45) is 0 Å². The molecule has 0 fully saturated rings. The number of para-hydroxylation sites is 2. The second-order valence-corrected chi connectivity index (χ2v) is 7.31. The zero-order valence-electron chi connectivity index (χ0n) is 16.5. The van der Waals surface area contributed by atoms with Gasteiger partial charge in [-0.05, 0) is 35.6 Å². The van der Waals surface area contributed by atoms with Gasteiger partial charge in [0.15, 0.2) is 0 Å². The van der Waals surface area contributed by atoms with E-state index in [2.05, 4.69) is 66.2 Å². The first-order valence-corrected chi connectivity index (χ1v) is 9.88. The molecule has 3 aromatic rings. The molecule has 0 saturated carbocycles. The monoisotopic (exact) mass is 363 g/mol. The third-order valence-corrected chi connectivity index (χ3v) is 4.94. The molecular weight excluding hydrogens is 334 g/mol. The van der Waals surface area contributed by atoms with Gasteiger partial charge in [-0.3, -0.25) is 4.79 Å². The Kier molecular flexibility index (Phi) is 6.28. The van der Waals surface area contributed by atoms with Gasteiger partial charge >= 0.3 is 0 Å². The zero-order chi connectivity index (χ0) is 19.2. The highest BCUT2D eigenvalue weighted by Gasteiger charge is 2.11. The van der Waals surface area contributed by atoms with Crippen LogP contribution in [-0.4, -0.2) is 22.0 Å². The summed E-state index contributed by atoms with van der Waals surface area (Å²) in [5.74, 6) is 1.73. The van der Waals surface area contributed by atoms with E-state index in [-0.39, 0.29) is 5.91 Å². The second-order valence-electron chi connectivity index (χ2n) is 7.31. The van der Waals surface area contributed by atoms with Crippen LogP contribution < -0.4 is 5.32 Å². The number of nitrogens with one attached hydrogen (secondary N) is 1. The minimum atomic E-state index is 0.105. The summed E-state index contributed by atoms with van der Waals surface area (Å²) in [5.41, 5.74) is 4.84. The van der Waals surface area contributed by atoms with Crippen LogP contribution in [0.2, 0.25) is 0 Å². The van der Waals surface area contributed by atoms with Gasteiger partial charge in [0, 0.05) is 25.9 Å². The van der Waals surface area contributed by atoms with Crippen LogP contribution in [0.25, 0.3) is 11.0 Å². The van der Waals surface area contributed by atoms with Crippen molar-refractivity contribution in [3.05, 3.63) is 65.5 Å². The summed E-state index contributed by atoms with van der Waals surface area (Å²) in [6, 6.07) is 17.2. The fourth-order valence-corrected chi connectivity index (χ4v) is 3.28. The van der Waals surface area contributed by atoms with E-state index in [1.165, 1.54) is 11.1 Å². The third-order valence-electron chi connectivity index (χ3n) is 4.94. The molecule has 0 aliphatic rings. The highest BCUT2D eigenvalue weighted by Crippen LogP contribution is 2.20. The third kappa shape index (κ3) is 4.76. The topological polar surface area (TPSA) is 46.9 Å². The minimum absolute atomic E-state index is 0.105. The number of hydrogen-bond donors (Lipinski definition) is 1. The number of nitrogens with zero attached hydrogens (tertiary/aromatic N) is 2. The van der Waals surface area contributed by atoms with Crippen LogP contribution in [0.4, 0.5) is 0 Å². The van der Waals surface area contributed by atoms with Crippen LogP contribution in [0.15, 0.2) is 48.5 Å². The molecule has 0 unspecified atom stereocenters. The number of imidazole rings is 1. The molecule has 0 atom stereocenters. The Hall–Kier alpha value is -2.62. The fourth-order valence-electron chi connectivity index (χ4n) is 3.28. The largest absolute Gasteiger partial charge is 0.356 e. The van der Waals surface area contributed by atoms with Gasteiger partial charge in [0.2, 0.25) is 5.91 Å². The number of benzene rings is 2. The molecule has 0 aliphatic heterocycles. The Morgan fingerprint density at radius 2 is 1.85 bits per heavy atom. The summed E-state index contributed by atoms with van der Waals surface area (Å²) in [6.45, 7) is 7.81. The Balaban J connectivity index is 1.78. The van der Waals surface area contributed by atoms with Crippen LogP contribution in [0.1, 0.15) is 56.5 Å². The van der Waals surface area contributed by atoms with Crippen LogP contribution in [0.5, 0.6) is 0 Å². The van der Waals surface area contributed by atoms with E-state index >= 15 is 0 Å². The number of carbonyl (C=O) groups is 1. The lowest BCUT2D eigenvalue weighted by molar-refractivity contribution is -0.120. The molecule has 0 radical (unpaired) electrons. The lowest BCUT2D eigenvalue weighted by Crippen LogP contribution is -2.23. The highest BCUT2D eigenvalue weighted by atomic mass is 16.1. The molecule has 1 amide bonds. The van der Waals surface area contributed by atoms with Crippen molar-refractivity contribution in [2.75, 3.05) is 6.54 Å². The normalized spacial score (nSPS) is 11.3. The number of aryl methyl sites for hydroxylation is 1. The number of fused-ring (bicyclic) bond motifs is 1. The van der Waals surface area contributed by atoms with Gasteiger partial charge < -0.3 is 9.88 Å². The summed E-state index contributed by atoms with van der Waals surface area (Å²) in [4.78, 5) is 16.3. The average Bonchev–Trinajstić information content (AvgIpc) is 3.03. The van der Waals surface area contributed by atoms with Crippen molar-refractivity contribution in [1.82, 2.24) is 14.9 Å². The maximum absolute atomic E-state index is 11.4. The number of hydrogen-bond acceptors (Lipinski definition) is 2. The molecule has 27 heavy (non-hydrogen) atoms. The fraction of sp³-hybridized carbons (Fsp3) is 0.391. The van der Waals surface area contributed by atoms with Crippen molar-refractivity contribution in [1.29, 1.82) is 0 Å². The lowest BCUT2D eigenvalue weighted by atomic mass is 10.0. The lowest BCUT2D eigenvalue weighted by Gasteiger charge is -2.11. The summed E-state index contributed by atoms with van der Waals surface area (Å²) < 4.78 is 2.31. The molecule has 3 rings (SSSR count). The number of carbonyl (C=O) groups excluding carboxylic acids is 1. The SMILES string of the molecule is CCC(=O)NCCCc1nc2ccccc2n1Cc1ccc(C(C)C)cc1. The van der Waals surface area contributed by atoms with Crippen LogP contribution in [0.3, 0.4) is 0 Å². The first-order valence-electron chi connectivity index (χ1n) is 9.88. The Bertz CT molecular complexity index is 894. The summed E-state index contributed by atoms with van der Waals surface area (Å²) >= 11 is 0. The molecular formula is C23H29N3O. The molecule has 1 heterocycles. The van der Waals surface area contributed by atoms with Gasteiger partial charge in [-0.1, -0.05) is 57.2 Å². The van der Waals surface area contributed by atoms with Crippen molar-refractivity contribution < 1.29 is 4.79 Å². The highest BCUT2D eigenvalue weighted by molar-refractivity contribution is 5.76. The van der Waals surface area contributed by atoms with E-state index in [4.69, 9.17) is 4.98 Å². The zero-order valence-corrected chi connectivity index (χ0v) is 16.5. The van der Waals surface area contributed by atoms with Crippen molar-refractivity contribution in [3.63, 3.8) is 0 Å². The standard InChI is InChI=1S/C23H29N3O/c1-4-23(27)24-15-7-10-22-25-20-8-5-6-9-21(20)26(22)16-18-11-13-19(14-12-18)17(2)3/h5-6,8-9,11-14,17H,4,7,10,15-16H2,1-3H3,(H,24,27). The maximum atomic E-state index is 11.4. The molecule has 4 nitrogen and oxygen atoms in total. The average molecular weight is 364 g/mol.